The van der Waals surface area contributed by atoms with Crippen molar-refractivity contribution >= 4 is 38.9 Å². The van der Waals surface area contributed by atoms with E-state index >= 15 is 0 Å². The Kier molecular flexibility index (Phi) is 8.81. The predicted molar refractivity (Wildman–Crippen MR) is 145 cm³/mol. The lowest BCUT2D eigenvalue weighted by Crippen LogP contribution is -2.38. The van der Waals surface area contributed by atoms with Gasteiger partial charge in [-0.05, 0) is 49.4 Å². The number of carbonyl (C=O) groups is 1. The number of benzene rings is 2. The largest absolute Gasteiger partial charge is 0.507 e. The first-order valence-electron chi connectivity index (χ1n) is 12.3. The lowest BCUT2D eigenvalue weighted by molar-refractivity contribution is 0.0827. The number of fused-ring (bicyclic) bond motifs is 1. The van der Waals surface area contributed by atoms with Crippen LogP contribution in [-0.4, -0.2) is 57.0 Å². The summed E-state index contributed by atoms with van der Waals surface area (Å²) in [5, 5.41) is 10.6. The van der Waals surface area contributed by atoms with Crippen molar-refractivity contribution < 1.29 is 18.3 Å². The van der Waals surface area contributed by atoms with Gasteiger partial charge in [0.1, 0.15) is 5.75 Å². The number of phenols is 1. The summed E-state index contributed by atoms with van der Waals surface area (Å²) in [6, 6.07) is 10.6. The Hall–Kier alpha value is -2.19. The third kappa shape index (κ3) is 5.97. The molecule has 0 aromatic heterocycles. The summed E-state index contributed by atoms with van der Waals surface area (Å²) in [5.74, 6) is -0.0230. The zero-order valence-electron chi connectivity index (χ0n) is 21.5. The number of anilines is 2. The van der Waals surface area contributed by atoms with Crippen LogP contribution in [0.4, 0.5) is 11.4 Å². The van der Waals surface area contributed by atoms with Gasteiger partial charge >= 0.3 is 0 Å². The van der Waals surface area contributed by atoms with Crippen LogP contribution in [0.2, 0.25) is 0 Å². The molecule has 0 spiro atoms. The fraction of sp³-hybridized carbons (Fsp3) is 0.519. The highest BCUT2D eigenvalue weighted by molar-refractivity contribution is 7.98. The summed E-state index contributed by atoms with van der Waals surface area (Å²) in [7, 11) is -0.199. The van der Waals surface area contributed by atoms with E-state index in [1.54, 1.807) is 32.3 Å². The van der Waals surface area contributed by atoms with Crippen LogP contribution in [0.1, 0.15) is 62.7 Å². The van der Waals surface area contributed by atoms with Crippen molar-refractivity contribution in [3.63, 3.8) is 0 Å². The van der Waals surface area contributed by atoms with Gasteiger partial charge in [-0.2, -0.15) is 0 Å². The van der Waals surface area contributed by atoms with E-state index in [-0.39, 0.29) is 22.3 Å². The molecule has 0 bridgehead atoms. The number of sulfone groups is 1. The van der Waals surface area contributed by atoms with E-state index < -0.39 is 15.3 Å². The zero-order chi connectivity index (χ0) is 25.8. The molecule has 2 aromatic carbocycles. The number of phenolic OH excluding ortho intramolecular Hbond substituents is 1. The summed E-state index contributed by atoms with van der Waals surface area (Å²) in [4.78, 5) is 16.9. The third-order valence-corrected chi connectivity index (χ3v) is 9.59. The number of aromatic hydroxyl groups is 1. The Morgan fingerprint density at radius 2 is 1.69 bits per heavy atom. The Balaban J connectivity index is 2.22. The highest BCUT2D eigenvalue weighted by atomic mass is 32.2. The van der Waals surface area contributed by atoms with Crippen molar-refractivity contribution in [2.75, 3.05) is 37.5 Å². The van der Waals surface area contributed by atoms with Crippen LogP contribution in [0.3, 0.4) is 0 Å². The topological polar surface area (TPSA) is 77.9 Å². The molecule has 0 aliphatic carbocycles. The van der Waals surface area contributed by atoms with Gasteiger partial charge in [-0.1, -0.05) is 39.5 Å². The first kappa shape index (κ1) is 27.4. The van der Waals surface area contributed by atoms with Crippen LogP contribution in [0.25, 0.3) is 0 Å². The lowest BCUT2D eigenvalue weighted by Gasteiger charge is -2.37. The van der Waals surface area contributed by atoms with Gasteiger partial charge in [-0.25, -0.2) is 8.42 Å². The molecule has 1 aliphatic rings. The van der Waals surface area contributed by atoms with Gasteiger partial charge in [0.05, 0.1) is 21.2 Å². The molecule has 8 heteroatoms. The molecule has 1 aliphatic heterocycles. The van der Waals surface area contributed by atoms with E-state index in [0.717, 1.165) is 44.2 Å². The number of amides is 1. The SMILES string of the molecule is CCCCC1(CCCC)CN(c2ccc(C(=O)N(C)C)cc2)c2cc(SC)c(O)cc2S(=O)(=O)C1. The smallest absolute Gasteiger partial charge is 0.253 e. The van der Waals surface area contributed by atoms with Crippen molar-refractivity contribution in [3.8, 4) is 5.75 Å². The molecule has 192 valence electrons. The van der Waals surface area contributed by atoms with Crippen molar-refractivity contribution in [1.29, 1.82) is 0 Å². The van der Waals surface area contributed by atoms with Crippen LogP contribution < -0.4 is 4.90 Å². The number of thioether (sulfide) groups is 1. The second-order valence-corrected chi connectivity index (χ2v) is 12.6. The number of nitrogens with zero attached hydrogens (tertiary/aromatic N) is 2. The average Bonchev–Trinajstić information content (AvgIpc) is 2.92. The maximum Gasteiger partial charge on any atom is 0.253 e. The molecule has 0 radical (unpaired) electrons. The van der Waals surface area contributed by atoms with E-state index in [1.807, 2.05) is 18.4 Å². The summed E-state index contributed by atoms with van der Waals surface area (Å²) in [5.41, 5.74) is 1.61. The summed E-state index contributed by atoms with van der Waals surface area (Å²) in [6.45, 7) is 4.84. The third-order valence-electron chi connectivity index (χ3n) is 6.83. The normalized spacial score (nSPS) is 16.4. The molecular weight excluding hydrogens is 480 g/mol. The molecule has 0 fully saturated rings. The van der Waals surface area contributed by atoms with Gasteiger partial charge < -0.3 is 14.9 Å². The van der Waals surface area contributed by atoms with E-state index in [4.69, 9.17) is 0 Å². The van der Waals surface area contributed by atoms with Crippen LogP contribution in [0.15, 0.2) is 46.2 Å². The Morgan fingerprint density at radius 3 is 2.20 bits per heavy atom. The van der Waals surface area contributed by atoms with Crippen LogP contribution >= 0.6 is 11.8 Å². The molecule has 0 atom stereocenters. The van der Waals surface area contributed by atoms with E-state index in [9.17, 15) is 18.3 Å². The van der Waals surface area contributed by atoms with Gasteiger partial charge in [-0.3, -0.25) is 4.79 Å². The number of hydrogen-bond donors (Lipinski definition) is 1. The van der Waals surface area contributed by atoms with Gasteiger partial charge in [0.2, 0.25) is 0 Å². The second-order valence-electron chi connectivity index (χ2n) is 9.79. The van der Waals surface area contributed by atoms with Crippen LogP contribution in [0.5, 0.6) is 5.75 Å². The van der Waals surface area contributed by atoms with Gasteiger partial charge in [-0.15, -0.1) is 11.8 Å². The van der Waals surface area contributed by atoms with E-state index in [2.05, 4.69) is 18.7 Å². The number of hydrogen-bond acceptors (Lipinski definition) is 6. The fourth-order valence-corrected chi connectivity index (χ4v) is 7.53. The number of unbranched alkanes of at least 4 members (excludes halogenated alkanes) is 2. The fourth-order valence-electron chi connectivity index (χ4n) is 4.91. The van der Waals surface area contributed by atoms with Crippen molar-refractivity contribution in [2.24, 2.45) is 5.41 Å². The average molecular weight is 519 g/mol. The minimum Gasteiger partial charge on any atom is -0.507 e. The Labute approximate surface area is 214 Å². The van der Waals surface area contributed by atoms with Crippen molar-refractivity contribution in [3.05, 3.63) is 42.0 Å². The number of rotatable bonds is 9. The van der Waals surface area contributed by atoms with E-state index in [1.165, 1.54) is 22.7 Å². The maximum atomic E-state index is 13.8. The Bertz CT molecular complexity index is 1140. The molecule has 3 rings (SSSR count). The molecule has 0 saturated carbocycles. The molecule has 0 unspecified atom stereocenters. The van der Waals surface area contributed by atoms with Gasteiger partial charge in [0.25, 0.3) is 5.91 Å². The quantitative estimate of drug-likeness (QED) is 0.404. The molecule has 6 nitrogen and oxygen atoms in total. The van der Waals surface area contributed by atoms with Gasteiger partial charge in [0.15, 0.2) is 9.84 Å². The maximum absolute atomic E-state index is 13.8. The summed E-state index contributed by atoms with van der Waals surface area (Å²) >= 11 is 1.39. The summed E-state index contributed by atoms with van der Waals surface area (Å²) < 4.78 is 27.6. The highest BCUT2D eigenvalue weighted by Crippen LogP contribution is 2.47. The minimum atomic E-state index is -3.64. The molecule has 35 heavy (non-hydrogen) atoms. The molecule has 1 N–H and O–H groups in total. The Morgan fingerprint density at radius 1 is 1.09 bits per heavy atom. The van der Waals surface area contributed by atoms with Gasteiger partial charge in [0, 0.05) is 43.4 Å². The van der Waals surface area contributed by atoms with E-state index in [0.29, 0.717) is 22.7 Å². The van der Waals surface area contributed by atoms with Crippen LogP contribution in [-0.2, 0) is 9.84 Å². The lowest BCUT2D eigenvalue weighted by atomic mass is 9.79. The van der Waals surface area contributed by atoms with Crippen LogP contribution in [0, 0.1) is 5.41 Å². The molecular formula is C27H38N2O4S2. The minimum absolute atomic E-state index is 0.0127. The zero-order valence-corrected chi connectivity index (χ0v) is 23.1. The molecule has 1 heterocycles. The second kappa shape index (κ2) is 11.2. The summed E-state index contributed by atoms with van der Waals surface area (Å²) in [6.07, 6.45) is 7.43. The highest BCUT2D eigenvalue weighted by Gasteiger charge is 2.42. The van der Waals surface area contributed by atoms with Crippen molar-refractivity contribution in [1.82, 2.24) is 4.90 Å². The van der Waals surface area contributed by atoms with Crippen molar-refractivity contribution in [2.45, 2.75) is 62.2 Å². The number of carbonyl (C=O) groups excluding carboxylic acids is 1. The molecule has 1 amide bonds. The standard InChI is InChI=1S/C27H38N2O4S2/c1-6-8-14-27(15-9-7-2)18-29(21-12-10-20(11-13-21)26(31)28(3)4)22-16-24(34-5)23(30)17-25(22)35(32,33)19-27/h10-13,16-17,30H,6-9,14-15,18-19H2,1-5H3. The first-order chi connectivity index (χ1) is 16.6. The predicted octanol–water partition coefficient (Wildman–Crippen LogP) is 6.11. The molecule has 2 aromatic rings. The first-order valence-corrected chi connectivity index (χ1v) is 15.2. The molecule has 0 saturated heterocycles. The monoisotopic (exact) mass is 518 g/mol.